The molecule has 10 heterocycles. The number of nitrogens with zero attached hydrogens (tertiary/aromatic N) is 20. The number of hydrogen-bond acceptors (Lipinski definition) is 20. The summed E-state index contributed by atoms with van der Waals surface area (Å²) in [7, 11) is 18.9. The summed E-state index contributed by atoms with van der Waals surface area (Å²) in [5, 5.41) is 0. The zero-order valence-electron chi connectivity index (χ0n) is 74.5. The predicted octanol–water partition coefficient (Wildman–Crippen LogP) is 12.6. The molecule has 0 spiro atoms. The Balaban J connectivity index is 0.000000566. The molecule has 0 aromatic heterocycles. The van der Waals surface area contributed by atoms with E-state index >= 15 is 0 Å². The van der Waals surface area contributed by atoms with Gasteiger partial charge in [0, 0.05) is 232 Å². The Hall–Kier alpha value is -3.70. The topological polar surface area (TPSA) is 64.8 Å². The largest absolute Gasteiger partial charge is 0.362 e. The minimum Gasteiger partial charge on any atom is -0.362 e. The molecule has 20 heteroatoms. The summed E-state index contributed by atoms with van der Waals surface area (Å²) >= 11 is 0. The summed E-state index contributed by atoms with van der Waals surface area (Å²) in [6, 6.07) is 3.99. The lowest BCUT2D eigenvalue weighted by atomic mass is 9.97. The van der Waals surface area contributed by atoms with Crippen LogP contribution in [0.2, 0.25) is 0 Å². The molecular weight excluding hydrogens is 1250 g/mol. The van der Waals surface area contributed by atoms with Crippen molar-refractivity contribution in [2.24, 2.45) is 0 Å². The van der Waals surface area contributed by atoms with Gasteiger partial charge >= 0.3 is 0 Å². The molecule has 5 fully saturated rings. The molecule has 10 rings (SSSR count). The maximum atomic E-state index is 2.60. The van der Waals surface area contributed by atoms with Crippen LogP contribution in [0.3, 0.4) is 0 Å². The molecule has 0 bridgehead atoms. The van der Waals surface area contributed by atoms with Crippen LogP contribution in [-0.2, 0) is 0 Å². The second-order valence-electron chi connectivity index (χ2n) is 36.3. The first-order chi connectivity index (χ1) is 46.2. The Labute approximate surface area is 629 Å². The minimum atomic E-state index is 0.271. The van der Waals surface area contributed by atoms with Crippen molar-refractivity contribution in [2.75, 3.05) is 196 Å². The number of likely N-dealkylation sites (N-methyl/N-ethyl adjacent to an activating group) is 3. The first-order valence-electron chi connectivity index (χ1n) is 39.2. The SMILES string of the molecule is CC(C)(C)N1CCN(C(C)(C)C)C1.CC(C)N1C=CN(C)C1.CC(C)N1CCN(C)C1.CC(C)N1CN(C(C)(C)C)C(C)(C)C1.CC(C)N1CN(C(C)(C)C)C(C)C1C.CC1=C(C)N(C)CN1C.CCN1C=CN(C)C1.CCN1CN(CC)C(C)=C1C.CN1C=CN(C)C1.CN1CCN(C)C1. The summed E-state index contributed by atoms with van der Waals surface area (Å²) in [6.45, 7) is 93.0. The van der Waals surface area contributed by atoms with E-state index in [0.717, 1.165) is 92.4 Å². The molecular formula is C81H172N20. The van der Waals surface area contributed by atoms with Gasteiger partial charge in [-0.05, 0) is 236 Å². The van der Waals surface area contributed by atoms with Gasteiger partial charge in [0.2, 0.25) is 0 Å². The summed E-state index contributed by atoms with van der Waals surface area (Å²) in [6.07, 6.45) is 12.5. The highest BCUT2D eigenvalue weighted by atomic mass is 15.5. The normalized spacial score (nSPS) is 22.9. The van der Waals surface area contributed by atoms with Gasteiger partial charge in [0.25, 0.3) is 0 Å². The average Bonchev–Trinajstić information content (AvgIpc) is 1.66. The van der Waals surface area contributed by atoms with E-state index in [0.29, 0.717) is 46.8 Å². The quantitative estimate of drug-likeness (QED) is 0.243. The van der Waals surface area contributed by atoms with Crippen LogP contribution >= 0.6 is 0 Å². The predicted molar refractivity (Wildman–Crippen MR) is 441 cm³/mol. The summed E-state index contributed by atoms with van der Waals surface area (Å²) in [5.41, 5.74) is 7.16. The van der Waals surface area contributed by atoms with Gasteiger partial charge in [0.1, 0.15) is 0 Å². The van der Waals surface area contributed by atoms with Gasteiger partial charge in [-0.25, -0.2) is 0 Å². The fourth-order valence-corrected chi connectivity index (χ4v) is 13.6. The van der Waals surface area contributed by atoms with E-state index < -0.39 is 0 Å². The van der Waals surface area contributed by atoms with Crippen LogP contribution in [0.1, 0.15) is 215 Å². The van der Waals surface area contributed by atoms with E-state index in [1.807, 2.05) is 0 Å². The molecule has 2 unspecified atom stereocenters. The maximum absolute atomic E-state index is 2.60. The Morgan fingerprint density at radius 1 is 0.376 bits per heavy atom. The zero-order chi connectivity index (χ0) is 78.2. The van der Waals surface area contributed by atoms with Gasteiger partial charge in [0.15, 0.2) is 0 Å². The van der Waals surface area contributed by atoms with Crippen LogP contribution < -0.4 is 0 Å². The van der Waals surface area contributed by atoms with Crippen LogP contribution in [0.25, 0.3) is 0 Å². The Kier molecular flexibility index (Phi) is 40.8. The molecule has 10 aliphatic rings. The van der Waals surface area contributed by atoms with E-state index in [-0.39, 0.29) is 11.1 Å². The van der Waals surface area contributed by atoms with Crippen LogP contribution in [0.15, 0.2) is 60.0 Å². The highest BCUT2D eigenvalue weighted by molar-refractivity contribution is 5.13. The first kappa shape index (κ1) is 95.3. The third-order valence-electron chi connectivity index (χ3n) is 21.5. The minimum absolute atomic E-state index is 0.271. The van der Waals surface area contributed by atoms with Gasteiger partial charge in [-0.3, -0.25) is 49.0 Å². The lowest BCUT2D eigenvalue weighted by Gasteiger charge is -2.41. The summed E-state index contributed by atoms with van der Waals surface area (Å²) < 4.78 is 0. The Bertz CT molecular complexity index is 2350. The first-order valence-corrected chi connectivity index (χ1v) is 39.2. The third-order valence-corrected chi connectivity index (χ3v) is 21.5. The van der Waals surface area contributed by atoms with Gasteiger partial charge in [0.05, 0.1) is 66.7 Å². The highest BCUT2D eigenvalue weighted by Gasteiger charge is 2.44. The standard InChI is InChI=1S/2C12H26N2.C11H24N2.C9H18N2.C7H14N2.C7H16N2.C7H14N2.C6H12N2.C5H12N2.C5H10N2/c1-10(2)13-8-12(6,7)14(9-13)11(3,4)5;1-9(2)13-8-14(12(5,6)7)11(4)10(13)3;1-10(2,3)12-7-8-13(9-12)11(4,5)6;1-5-10-7-11(6-2)9(4)8(10)3;1-6-7(2)9(4)5-8(6)3;2*1-7(2)9-5-4-8(3)6-9;1-3-8-5-4-7(2)6-8;2*1-6-3-4-7(2)5-6/h10H,8-9H2,1-7H3;9-11H,8H2,1-7H3;7-9H2,1-6H3;5-7H2,1-4H3;5H2,1-4H3;7H,4-6H2,1-3H3;4-5,7H,6H2,1-3H3;4-5H,3,6H2,1-2H3;3-5H2,1-2H3;3-4H,5H2,1-2H3. The molecule has 20 nitrogen and oxygen atoms in total. The number of hydrogen-bond donors (Lipinski definition) is 0. The molecule has 0 radical (unpaired) electrons. The fourth-order valence-electron chi connectivity index (χ4n) is 13.6. The third kappa shape index (κ3) is 33.7. The fraction of sp³-hybridized carbons (Fsp3) is 0.877. The molecule has 0 N–H and O–H groups in total. The van der Waals surface area contributed by atoms with E-state index in [1.165, 1.54) is 68.6 Å². The Morgan fingerprint density at radius 3 is 0.980 bits per heavy atom. The molecule has 596 valence electrons. The molecule has 0 aliphatic carbocycles. The summed E-state index contributed by atoms with van der Waals surface area (Å²) in [4.78, 5) is 47.2. The van der Waals surface area contributed by atoms with Crippen molar-refractivity contribution < 1.29 is 0 Å². The second kappa shape index (κ2) is 43.2. The lowest BCUT2D eigenvalue weighted by molar-refractivity contribution is 0.0629. The monoisotopic (exact) mass is 1430 g/mol. The van der Waals surface area contributed by atoms with Gasteiger partial charge in [-0.15, -0.1) is 0 Å². The van der Waals surface area contributed by atoms with E-state index in [4.69, 9.17) is 0 Å². The molecule has 0 amide bonds. The van der Waals surface area contributed by atoms with Crippen molar-refractivity contribution in [2.45, 2.75) is 279 Å². The second-order valence-corrected chi connectivity index (χ2v) is 36.3. The van der Waals surface area contributed by atoms with Crippen molar-refractivity contribution in [1.29, 1.82) is 0 Å². The van der Waals surface area contributed by atoms with Gasteiger partial charge in [-0.2, -0.15) is 0 Å². The highest BCUT2D eigenvalue weighted by Crippen LogP contribution is 2.33. The van der Waals surface area contributed by atoms with Gasteiger partial charge < -0.3 is 49.0 Å². The smallest absolute Gasteiger partial charge is 0.0898 e. The van der Waals surface area contributed by atoms with Gasteiger partial charge in [-0.1, -0.05) is 0 Å². The zero-order valence-corrected chi connectivity index (χ0v) is 74.5. The van der Waals surface area contributed by atoms with Crippen LogP contribution in [-0.4, -0.2) is 358 Å². The number of rotatable bonds is 7. The average molecular weight is 1430 g/mol. The molecule has 5 saturated heterocycles. The number of allylic oxidation sites excluding steroid dienone is 4. The van der Waals surface area contributed by atoms with Crippen molar-refractivity contribution in [3.05, 3.63) is 60.0 Å². The molecule has 0 saturated carbocycles. The molecule has 0 aromatic rings. The van der Waals surface area contributed by atoms with E-state index in [9.17, 15) is 0 Å². The van der Waals surface area contributed by atoms with Crippen LogP contribution in [0.4, 0.5) is 0 Å². The maximum Gasteiger partial charge on any atom is 0.0898 e. The molecule has 10 aliphatic heterocycles. The molecule has 101 heavy (non-hydrogen) atoms. The van der Waals surface area contributed by atoms with E-state index in [2.05, 4.69) is 413 Å². The summed E-state index contributed by atoms with van der Waals surface area (Å²) in [5.74, 6) is 0. The van der Waals surface area contributed by atoms with Crippen LogP contribution in [0, 0.1) is 0 Å². The van der Waals surface area contributed by atoms with Crippen molar-refractivity contribution in [3.63, 3.8) is 0 Å². The van der Waals surface area contributed by atoms with E-state index in [1.54, 1.807) is 0 Å². The molecule has 2 atom stereocenters. The van der Waals surface area contributed by atoms with Crippen LogP contribution in [0.5, 0.6) is 0 Å². The van der Waals surface area contributed by atoms with Crippen molar-refractivity contribution >= 4 is 0 Å². The lowest BCUT2D eigenvalue weighted by Crippen LogP contribution is -2.51. The Morgan fingerprint density at radius 2 is 0.792 bits per heavy atom. The van der Waals surface area contributed by atoms with Crippen molar-refractivity contribution in [1.82, 2.24) is 98.0 Å². The van der Waals surface area contributed by atoms with Crippen molar-refractivity contribution in [3.8, 4) is 0 Å². The molecule has 0 aromatic carbocycles.